The normalized spacial score (nSPS) is 17.1. The van der Waals surface area contributed by atoms with Gasteiger partial charge in [-0.25, -0.2) is 14.1 Å². The number of halogens is 1. The molecule has 0 spiro atoms. The van der Waals surface area contributed by atoms with Crippen LogP contribution in [-0.2, 0) is 30.9 Å². The number of nitrogens with zero attached hydrogens (tertiary/aromatic N) is 3. The molecule has 1 atom stereocenters. The second kappa shape index (κ2) is 7.06. The van der Waals surface area contributed by atoms with Crippen molar-refractivity contribution in [2.75, 3.05) is 14.2 Å². The molecule has 124 valence electrons. The van der Waals surface area contributed by atoms with E-state index in [-0.39, 0.29) is 17.6 Å². The van der Waals surface area contributed by atoms with E-state index in [0.29, 0.717) is 24.5 Å². The summed E-state index contributed by atoms with van der Waals surface area (Å²) in [5, 5.41) is 7.83. The number of hydrogen-bond donors (Lipinski definition) is 1. The monoisotopic (exact) mass is 320 g/mol. The first-order valence-corrected chi connectivity index (χ1v) is 7.67. The minimum absolute atomic E-state index is 0.241. The van der Waals surface area contributed by atoms with Crippen LogP contribution >= 0.6 is 0 Å². The molecule has 0 aliphatic carbocycles. The molecule has 0 fully saturated rings. The molecule has 6 nitrogen and oxygen atoms in total. The van der Waals surface area contributed by atoms with E-state index in [9.17, 15) is 4.39 Å². The molecular formula is C16H21FN4O2. The maximum atomic E-state index is 14.1. The van der Waals surface area contributed by atoms with Gasteiger partial charge >= 0.3 is 0 Å². The third kappa shape index (κ3) is 3.51. The van der Waals surface area contributed by atoms with Crippen LogP contribution in [-0.4, -0.2) is 35.0 Å². The van der Waals surface area contributed by atoms with Crippen molar-refractivity contribution in [1.82, 2.24) is 20.1 Å². The highest BCUT2D eigenvalue weighted by Crippen LogP contribution is 2.20. The summed E-state index contributed by atoms with van der Waals surface area (Å²) in [6.45, 7) is 1.62. The topological polar surface area (TPSA) is 61.2 Å². The Morgan fingerprint density at radius 2 is 2.26 bits per heavy atom. The van der Waals surface area contributed by atoms with Crippen molar-refractivity contribution in [2.45, 2.75) is 38.6 Å². The summed E-state index contributed by atoms with van der Waals surface area (Å²) in [5.41, 5.74) is 0.605. The molecule has 2 heterocycles. The number of benzene rings is 1. The van der Waals surface area contributed by atoms with Crippen LogP contribution in [0.2, 0.25) is 0 Å². The Morgan fingerprint density at radius 1 is 1.39 bits per heavy atom. The van der Waals surface area contributed by atoms with Gasteiger partial charge in [-0.3, -0.25) is 0 Å². The number of fused-ring (bicyclic) bond motifs is 1. The van der Waals surface area contributed by atoms with Crippen LogP contribution < -0.4 is 10.1 Å². The van der Waals surface area contributed by atoms with Crippen molar-refractivity contribution in [3.8, 4) is 5.75 Å². The van der Waals surface area contributed by atoms with Crippen molar-refractivity contribution in [3.05, 3.63) is 41.2 Å². The molecule has 3 rings (SSSR count). The van der Waals surface area contributed by atoms with E-state index >= 15 is 0 Å². The maximum Gasteiger partial charge on any atom is 0.176 e. The van der Waals surface area contributed by atoms with Gasteiger partial charge in [-0.05, 0) is 12.5 Å². The molecule has 7 heteroatoms. The molecular weight excluding hydrogens is 299 g/mol. The number of aromatic nitrogens is 3. The maximum absolute atomic E-state index is 14.1. The number of methoxy groups -OCH3 is 2. The minimum atomic E-state index is -0.304. The molecule has 0 bridgehead atoms. The van der Waals surface area contributed by atoms with Gasteiger partial charge in [0.1, 0.15) is 12.4 Å². The van der Waals surface area contributed by atoms with Gasteiger partial charge < -0.3 is 14.8 Å². The lowest BCUT2D eigenvalue weighted by Crippen LogP contribution is -2.37. The second-order valence-electron chi connectivity index (χ2n) is 5.61. The summed E-state index contributed by atoms with van der Waals surface area (Å²) >= 11 is 0. The van der Waals surface area contributed by atoms with Crippen molar-refractivity contribution >= 4 is 0 Å². The predicted molar refractivity (Wildman–Crippen MR) is 82.6 cm³/mol. The number of aryl methyl sites for hydroxylation is 1. The zero-order chi connectivity index (χ0) is 16.2. The van der Waals surface area contributed by atoms with Gasteiger partial charge in [0.2, 0.25) is 0 Å². The highest BCUT2D eigenvalue weighted by Gasteiger charge is 2.21. The van der Waals surface area contributed by atoms with Gasteiger partial charge in [0.05, 0.1) is 13.7 Å². The average molecular weight is 320 g/mol. The number of rotatable bonds is 6. The fraction of sp³-hybridized carbons (Fsp3) is 0.500. The van der Waals surface area contributed by atoms with Crippen LogP contribution in [0.4, 0.5) is 4.39 Å². The van der Waals surface area contributed by atoms with Crippen LogP contribution in [0, 0.1) is 5.82 Å². The highest BCUT2D eigenvalue weighted by molar-refractivity contribution is 5.31. The van der Waals surface area contributed by atoms with E-state index in [1.807, 2.05) is 4.68 Å². The molecule has 1 N–H and O–H groups in total. The zero-order valence-electron chi connectivity index (χ0n) is 13.4. The Bertz CT molecular complexity index is 674. The van der Waals surface area contributed by atoms with E-state index < -0.39 is 0 Å². The molecule has 1 aliphatic heterocycles. The fourth-order valence-electron chi connectivity index (χ4n) is 2.82. The molecule has 1 aliphatic rings. The molecule has 1 aromatic carbocycles. The van der Waals surface area contributed by atoms with Crippen LogP contribution in [0.15, 0.2) is 18.2 Å². The van der Waals surface area contributed by atoms with Gasteiger partial charge in [0.15, 0.2) is 17.4 Å². The molecule has 0 saturated heterocycles. The fourth-order valence-corrected chi connectivity index (χ4v) is 2.82. The van der Waals surface area contributed by atoms with E-state index in [4.69, 9.17) is 9.47 Å². The summed E-state index contributed by atoms with van der Waals surface area (Å²) in [6, 6.07) is 5.43. The van der Waals surface area contributed by atoms with Gasteiger partial charge in [-0.15, -0.1) is 0 Å². The SMILES string of the molecule is COCc1nc2n(n1)CC(NCc1cccc(OC)c1F)CC2. The van der Waals surface area contributed by atoms with E-state index in [1.165, 1.54) is 7.11 Å². The molecule has 23 heavy (non-hydrogen) atoms. The van der Waals surface area contributed by atoms with Crippen LogP contribution in [0.1, 0.15) is 23.6 Å². The van der Waals surface area contributed by atoms with Crippen LogP contribution in [0.25, 0.3) is 0 Å². The van der Waals surface area contributed by atoms with Crippen molar-refractivity contribution in [3.63, 3.8) is 0 Å². The molecule has 1 unspecified atom stereocenters. The van der Waals surface area contributed by atoms with E-state index in [1.54, 1.807) is 25.3 Å². The van der Waals surface area contributed by atoms with Crippen LogP contribution in [0.5, 0.6) is 5.75 Å². The van der Waals surface area contributed by atoms with Crippen LogP contribution in [0.3, 0.4) is 0 Å². The smallest absolute Gasteiger partial charge is 0.176 e. The van der Waals surface area contributed by atoms with Gasteiger partial charge in [0, 0.05) is 31.7 Å². The first-order chi connectivity index (χ1) is 11.2. The number of hydrogen-bond acceptors (Lipinski definition) is 5. The molecule has 0 radical (unpaired) electrons. The second-order valence-corrected chi connectivity index (χ2v) is 5.61. The summed E-state index contributed by atoms with van der Waals surface area (Å²) in [6.07, 6.45) is 1.81. The van der Waals surface area contributed by atoms with E-state index in [2.05, 4.69) is 15.4 Å². The number of ether oxygens (including phenoxy) is 2. The lowest BCUT2D eigenvalue weighted by molar-refractivity contribution is 0.177. The van der Waals surface area contributed by atoms with Gasteiger partial charge in [-0.1, -0.05) is 12.1 Å². The van der Waals surface area contributed by atoms with E-state index in [0.717, 1.165) is 25.2 Å². The largest absolute Gasteiger partial charge is 0.494 e. The quantitative estimate of drug-likeness (QED) is 0.877. The number of nitrogens with one attached hydrogen (secondary N) is 1. The average Bonchev–Trinajstić information content (AvgIpc) is 2.96. The summed E-state index contributed by atoms with van der Waals surface area (Å²) in [5.74, 6) is 1.67. The zero-order valence-corrected chi connectivity index (χ0v) is 13.4. The Labute approximate surface area is 134 Å². The third-order valence-corrected chi connectivity index (χ3v) is 4.02. The van der Waals surface area contributed by atoms with Gasteiger partial charge in [-0.2, -0.15) is 5.10 Å². The molecule has 1 aromatic heterocycles. The van der Waals surface area contributed by atoms with Crippen molar-refractivity contribution in [1.29, 1.82) is 0 Å². The first kappa shape index (κ1) is 15.9. The van der Waals surface area contributed by atoms with Gasteiger partial charge in [0.25, 0.3) is 0 Å². The summed E-state index contributed by atoms with van der Waals surface area (Å²) in [7, 11) is 3.10. The lowest BCUT2D eigenvalue weighted by Gasteiger charge is -2.23. The van der Waals surface area contributed by atoms with Crippen molar-refractivity contribution in [2.24, 2.45) is 0 Å². The van der Waals surface area contributed by atoms with Crippen molar-refractivity contribution < 1.29 is 13.9 Å². The predicted octanol–water partition coefficient (Wildman–Crippen LogP) is 1.68. The molecule has 0 amide bonds. The lowest BCUT2D eigenvalue weighted by atomic mass is 10.1. The third-order valence-electron chi connectivity index (χ3n) is 4.02. The Balaban J connectivity index is 1.61. The molecule has 2 aromatic rings. The Morgan fingerprint density at radius 3 is 3.04 bits per heavy atom. The highest BCUT2D eigenvalue weighted by atomic mass is 19.1. The summed E-state index contributed by atoms with van der Waals surface area (Å²) < 4.78 is 26.1. The Hall–Kier alpha value is -1.99. The first-order valence-electron chi connectivity index (χ1n) is 7.67. The minimum Gasteiger partial charge on any atom is -0.494 e. The standard InChI is InChI=1S/C16H21FN4O2/c1-22-10-14-19-15-7-6-12(9-21(15)20-14)18-8-11-4-3-5-13(23-2)16(11)17/h3-5,12,18H,6-10H2,1-2H3. The Kier molecular flexibility index (Phi) is 4.88. The summed E-state index contributed by atoms with van der Waals surface area (Å²) in [4.78, 5) is 4.45. The molecule has 0 saturated carbocycles.